The number of anilines is 1. The molecule has 0 spiro atoms. The second-order valence-corrected chi connectivity index (χ2v) is 7.69. The topological polar surface area (TPSA) is 69.6 Å². The molecule has 3 aromatic rings. The van der Waals surface area contributed by atoms with E-state index in [2.05, 4.69) is 15.0 Å². The van der Waals surface area contributed by atoms with Crippen LogP contribution in [-0.4, -0.2) is 55.3 Å². The van der Waals surface area contributed by atoms with Crippen molar-refractivity contribution in [1.82, 2.24) is 15.0 Å². The highest BCUT2D eigenvalue weighted by molar-refractivity contribution is 7.98. The van der Waals surface area contributed by atoms with Crippen LogP contribution in [0.25, 0.3) is 22.2 Å². The van der Waals surface area contributed by atoms with Crippen LogP contribution in [0.4, 0.5) is 14.6 Å². The summed E-state index contributed by atoms with van der Waals surface area (Å²) in [7, 11) is 2.62. The number of methoxy groups -OCH3 is 2. The lowest BCUT2D eigenvalue weighted by Gasteiger charge is -2.23. The van der Waals surface area contributed by atoms with E-state index in [0.717, 1.165) is 12.8 Å². The van der Waals surface area contributed by atoms with Crippen LogP contribution in [0.3, 0.4) is 0 Å². The van der Waals surface area contributed by atoms with Crippen LogP contribution in [-0.2, 0) is 4.74 Å². The van der Waals surface area contributed by atoms with E-state index in [1.807, 2.05) is 11.2 Å². The first-order valence-corrected chi connectivity index (χ1v) is 10.9. The number of fused-ring (bicyclic) bond motifs is 1. The molecular formula is C21H22F2N4O3S. The third kappa shape index (κ3) is 4.09. The van der Waals surface area contributed by atoms with Crippen LogP contribution in [0.15, 0.2) is 23.5 Å². The molecule has 0 saturated carbocycles. The molecule has 0 atom stereocenters. The zero-order chi connectivity index (χ0) is 22.0. The molecule has 1 aliphatic heterocycles. The Labute approximate surface area is 182 Å². The zero-order valence-corrected chi connectivity index (χ0v) is 18.3. The highest BCUT2D eigenvalue weighted by atomic mass is 32.2. The molecule has 1 aliphatic rings. The minimum absolute atomic E-state index is 0.0967. The summed E-state index contributed by atoms with van der Waals surface area (Å²) in [6.45, 7) is 1.66. The average Bonchev–Trinajstić information content (AvgIpc) is 3.08. The Morgan fingerprint density at radius 2 is 1.81 bits per heavy atom. The average molecular weight is 448 g/mol. The molecule has 0 N–H and O–H groups in total. The Balaban J connectivity index is 1.98. The largest absolute Gasteiger partial charge is 0.494 e. The van der Waals surface area contributed by atoms with Gasteiger partial charge in [-0.2, -0.15) is 0 Å². The Kier molecular flexibility index (Phi) is 6.38. The van der Waals surface area contributed by atoms with E-state index in [1.54, 1.807) is 12.3 Å². The SMILES string of the molecule is COc1cc(OC)c(F)c(-c2cc3cnc(SC)nc3c(N3CCCCOC3)n2)c1F. The number of hydrogen-bond donors (Lipinski definition) is 0. The smallest absolute Gasteiger partial charge is 0.187 e. The van der Waals surface area contributed by atoms with Gasteiger partial charge in [0.1, 0.15) is 12.2 Å². The van der Waals surface area contributed by atoms with Crippen molar-refractivity contribution in [3.8, 4) is 22.8 Å². The molecule has 0 radical (unpaired) electrons. The first-order valence-electron chi connectivity index (χ1n) is 9.72. The summed E-state index contributed by atoms with van der Waals surface area (Å²) in [5, 5.41) is 1.20. The molecular weight excluding hydrogens is 426 g/mol. The first-order chi connectivity index (χ1) is 15.1. The van der Waals surface area contributed by atoms with Gasteiger partial charge in [0.25, 0.3) is 0 Å². The van der Waals surface area contributed by atoms with Gasteiger partial charge in [0.15, 0.2) is 34.1 Å². The Bertz CT molecular complexity index is 1080. The first kappa shape index (κ1) is 21.5. The normalized spacial score (nSPS) is 14.5. The van der Waals surface area contributed by atoms with Gasteiger partial charge in [0, 0.05) is 30.8 Å². The van der Waals surface area contributed by atoms with E-state index < -0.39 is 11.6 Å². The molecule has 0 aliphatic carbocycles. The van der Waals surface area contributed by atoms with Gasteiger partial charge in [-0.3, -0.25) is 0 Å². The van der Waals surface area contributed by atoms with Crippen LogP contribution in [0.5, 0.6) is 11.5 Å². The molecule has 0 amide bonds. The van der Waals surface area contributed by atoms with E-state index >= 15 is 8.78 Å². The van der Waals surface area contributed by atoms with E-state index in [1.165, 1.54) is 32.0 Å². The van der Waals surface area contributed by atoms with Gasteiger partial charge < -0.3 is 19.1 Å². The fourth-order valence-electron chi connectivity index (χ4n) is 3.48. The third-order valence-corrected chi connectivity index (χ3v) is 5.61. The van der Waals surface area contributed by atoms with Crippen LogP contribution in [0, 0.1) is 11.6 Å². The number of nitrogens with zero attached hydrogens (tertiary/aromatic N) is 4. The van der Waals surface area contributed by atoms with Gasteiger partial charge in [-0.15, -0.1) is 0 Å². The fraction of sp³-hybridized carbons (Fsp3) is 0.381. The molecule has 1 aromatic carbocycles. The van der Waals surface area contributed by atoms with Crippen molar-refractivity contribution >= 4 is 28.5 Å². The summed E-state index contributed by atoms with van der Waals surface area (Å²) in [4.78, 5) is 15.5. The number of rotatable bonds is 5. The van der Waals surface area contributed by atoms with Crippen molar-refractivity contribution in [2.75, 3.05) is 45.3 Å². The number of thioether (sulfide) groups is 1. The Hall–Kier alpha value is -2.72. The quantitative estimate of drug-likeness (QED) is 0.423. The maximum Gasteiger partial charge on any atom is 0.187 e. The van der Waals surface area contributed by atoms with Crippen LogP contribution < -0.4 is 14.4 Å². The lowest BCUT2D eigenvalue weighted by atomic mass is 10.1. The number of pyridine rings is 1. The maximum absolute atomic E-state index is 15.2. The Morgan fingerprint density at radius 3 is 2.48 bits per heavy atom. The third-order valence-electron chi connectivity index (χ3n) is 5.05. The Morgan fingerprint density at radius 1 is 1.06 bits per heavy atom. The summed E-state index contributed by atoms with van der Waals surface area (Å²) in [5.41, 5.74) is 0.368. The molecule has 164 valence electrons. The van der Waals surface area contributed by atoms with Gasteiger partial charge in [-0.05, 0) is 25.2 Å². The molecule has 7 nitrogen and oxygen atoms in total. The summed E-state index contributed by atoms with van der Waals surface area (Å²) >= 11 is 1.41. The minimum atomic E-state index is -0.854. The fourth-order valence-corrected chi connectivity index (χ4v) is 3.82. The molecule has 31 heavy (non-hydrogen) atoms. The van der Waals surface area contributed by atoms with Crippen molar-refractivity contribution in [3.05, 3.63) is 30.0 Å². The summed E-state index contributed by atoms with van der Waals surface area (Å²) in [6.07, 6.45) is 5.35. The minimum Gasteiger partial charge on any atom is -0.494 e. The second-order valence-electron chi connectivity index (χ2n) is 6.92. The van der Waals surface area contributed by atoms with Gasteiger partial charge in [-0.25, -0.2) is 23.7 Å². The van der Waals surface area contributed by atoms with Crippen molar-refractivity contribution in [3.63, 3.8) is 0 Å². The second kappa shape index (κ2) is 9.19. The standard InChI is InChI=1S/C21H22F2N4O3S/c1-28-14-9-15(29-2)18(23)16(17(14)22)13-8-12-10-24-21(31-3)26-19(12)20(25-13)27-6-4-5-7-30-11-27/h8-10H,4-7,11H2,1-3H3. The zero-order valence-electron chi connectivity index (χ0n) is 17.4. The monoisotopic (exact) mass is 448 g/mol. The number of ether oxygens (including phenoxy) is 3. The van der Waals surface area contributed by atoms with Gasteiger partial charge in [0.2, 0.25) is 0 Å². The maximum atomic E-state index is 15.2. The van der Waals surface area contributed by atoms with Gasteiger partial charge >= 0.3 is 0 Å². The van der Waals surface area contributed by atoms with E-state index in [-0.39, 0.29) is 22.8 Å². The van der Waals surface area contributed by atoms with Gasteiger partial charge in [-0.1, -0.05) is 11.8 Å². The van der Waals surface area contributed by atoms with Crippen molar-refractivity contribution in [2.45, 2.75) is 18.0 Å². The summed E-state index contributed by atoms with van der Waals surface area (Å²) < 4.78 is 46.2. The van der Waals surface area contributed by atoms with E-state index in [0.29, 0.717) is 41.8 Å². The molecule has 0 unspecified atom stereocenters. The highest BCUT2D eigenvalue weighted by Crippen LogP contribution is 2.39. The summed E-state index contributed by atoms with van der Waals surface area (Å²) in [6, 6.07) is 2.74. The summed E-state index contributed by atoms with van der Waals surface area (Å²) in [5.74, 6) is -1.49. The molecule has 1 saturated heterocycles. The number of aromatic nitrogens is 3. The predicted octanol–water partition coefficient (Wildman–Crippen LogP) is 4.28. The lowest BCUT2D eigenvalue weighted by molar-refractivity contribution is 0.145. The molecule has 4 rings (SSSR count). The van der Waals surface area contributed by atoms with Crippen molar-refractivity contribution < 1.29 is 23.0 Å². The number of benzene rings is 1. The van der Waals surface area contributed by atoms with Gasteiger partial charge in [0.05, 0.1) is 25.5 Å². The molecule has 0 bridgehead atoms. The van der Waals surface area contributed by atoms with Crippen molar-refractivity contribution in [2.24, 2.45) is 0 Å². The number of halogens is 2. The number of hydrogen-bond acceptors (Lipinski definition) is 8. The van der Waals surface area contributed by atoms with E-state index in [4.69, 9.17) is 14.2 Å². The molecule has 3 heterocycles. The van der Waals surface area contributed by atoms with E-state index in [9.17, 15) is 0 Å². The predicted molar refractivity (Wildman–Crippen MR) is 115 cm³/mol. The van der Waals surface area contributed by atoms with Crippen LogP contribution in [0.1, 0.15) is 12.8 Å². The lowest BCUT2D eigenvalue weighted by Crippen LogP contribution is -2.26. The highest BCUT2D eigenvalue weighted by Gasteiger charge is 2.25. The van der Waals surface area contributed by atoms with Crippen molar-refractivity contribution in [1.29, 1.82) is 0 Å². The molecule has 1 fully saturated rings. The van der Waals surface area contributed by atoms with Crippen LogP contribution >= 0.6 is 11.8 Å². The molecule has 2 aromatic heterocycles. The molecule has 10 heteroatoms. The van der Waals surface area contributed by atoms with Crippen LogP contribution in [0.2, 0.25) is 0 Å².